The zero-order valence-electron chi connectivity index (χ0n) is 13.2. The van der Waals surface area contributed by atoms with E-state index in [1.807, 2.05) is 48.5 Å². The number of aliphatic hydroxyl groups excluding tert-OH is 1. The fraction of sp³-hybridized carbons (Fsp3) is 0.368. The molecule has 1 saturated heterocycles. The minimum Gasteiger partial charge on any atom is -0.392 e. The van der Waals surface area contributed by atoms with Crippen LogP contribution in [0.1, 0.15) is 37.1 Å². The van der Waals surface area contributed by atoms with E-state index in [-0.39, 0.29) is 30.0 Å². The summed E-state index contributed by atoms with van der Waals surface area (Å²) in [6, 6.07) is 15.9. The molecule has 1 aliphatic heterocycles. The van der Waals surface area contributed by atoms with Gasteiger partial charge in [-0.05, 0) is 35.4 Å². The molecule has 23 heavy (non-hydrogen) atoms. The molecule has 0 amide bonds. The predicted octanol–water partition coefficient (Wildman–Crippen LogP) is 5.01. The van der Waals surface area contributed by atoms with Gasteiger partial charge in [0.25, 0.3) is 0 Å². The monoisotopic (exact) mass is 349 g/mol. The Bertz CT molecular complexity index is 599. The molecule has 0 aliphatic carbocycles. The van der Waals surface area contributed by atoms with Crippen LogP contribution in [0.15, 0.2) is 48.5 Å². The minimum absolute atomic E-state index is 0.0825. The number of hydrogen-bond acceptors (Lipinski definition) is 2. The lowest BCUT2D eigenvalue weighted by Crippen LogP contribution is -2.48. The highest BCUT2D eigenvalue weighted by molar-refractivity contribution is 6.30. The smallest absolute Gasteiger partial charge is 0.0627 e. The predicted molar refractivity (Wildman–Crippen MR) is 95.9 cm³/mol. The summed E-state index contributed by atoms with van der Waals surface area (Å²) in [6.45, 7) is 4.18. The second-order valence-corrected chi connectivity index (χ2v) is 7.31. The summed E-state index contributed by atoms with van der Waals surface area (Å²) < 4.78 is 0. The zero-order valence-corrected chi connectivity index (χ0v) is 14.7. The number of hydrogen-bond donors (Lipinski definition) is 2. The van der Waals surface area contributed by atoms with Gasteiger partial charge in [-0.3, -0.25) is 0 Å². The van der Waals surface area contributed by atoms with E-state index in [9.17, 15) is 5.11 Å². The third kappa shape index (κ3) is 3.41. The van der Waals surface area contributed by atoms with E-state index in [0.29, 0.717) is 0 Å². The SMILES string of the molecule is C[C@@H]1C(O)[C@H](C)[C@@H](c2ccc(Cl)cc2)N[C@H]1c1ccc(Cl)cc1. The van der Waals surface area contributed by atoms with E-state index in [2.05, 4.69) is 19.2 Å². The van der Waals surface area contributed by atoms with Gasteiger partial charge < -0.3 is 10.4 Å². The molecule has 122 valence electrons. The van der Waals surface area contributed by atoms with Crippen molar-refractivity contribution in [2.24, 2.45) is 11.8 Å². The normalized spacial score (nSPS) is 31.1. The molecule has 0 spiro atoms. The van der Waals surface area contributed by atoms with Gasteiger partial charge in [-0.1, -0.05) is 61.3 Å². The molecular formula is C19H21Cl2NO. The number of piperidine rings is 1. The summed E-state index contributed by atoms with van der Waals surface area (Å²) in [5.74, 6) is 0.240. The van der Waals surface area contributed by atoms with E-state index in [1.54, 1.807) is 0 Å². The van der Waals surface area contributed by atoms with Crippen molar-refractivity contribution >= 4 is 23.2 Å². The molecule has 2 aromatic rings. The van der Waals surface area contributed by atoms with Crippen LogP contribution in [0.2, 0.25) is 10.0 Å². The van der Waals surface area contributed by atoms with Crippen LogP contribution in [0.5, 0.6) is 0 Å². The van der Waals surface area contributed by atoms with Crippen molar-refractivity contribution in [1.82, 2.24) is 5.32 Å². The van der Waals surface area contributed by atoms with Crippen molar-refractivity contribution in [2.45, 2.75) is 32.0 Å². The average molecular weight is 350 g/mol. The maximum absolute atomic E-state index is 10.7. The fourth-order valence-corrected chi connectivity index (χ4v) is 3.76. The molecule has 3 rings (SSSR count). The third-order valence-corrected chi connectivity index (χ3v) is 5.45. The molecule has 4 heteroatoms. The van der Waals surface area contributed by atoms with Crippen LogP contribution in [0, 0.1) is 11.8 Å². The van der Waals surface area contributed by atoms with Gasteiger partial charge >= 0.3 is 0 Å². The summed E-state index contributed by atoms with van der Waals surface area (Å²) in [5, 5.41) is 15.9. The highest BCUT2D eigenvalue weighted by Gasteiger charge is 2.40. The van der Waals surface area contributed by atoms with Crippen LogP contribution >= 0.6 is 23.2 Å². The van der Waals surface area contributed by atoms with Crippen molar-refractivity contribution in [3.05, 3.63) is 69.7 Å². The highest BCUT2D eigenvalue weighted by Crippen LogP contribution is 2.40. The lowest BCUT2D eigenvalue weighted by atomic mass is 9.75. The number of halogens is 2. The molecular weight excluding hydrogens is 329 g/mol. The molecule has 0 radical (unpaired) electrons. The Morgan fingerprint density at radius 1 is 0.739 bits per heavy atom. The summed E-state index contributed by atoms with van der Waals surface area (Å²) in [4.78, 5) is 0. The molecule has 0 aromatic heterocycles. The van der Waals surface area contributed by atoms with Crippen LogP contribution < -0.4 is 5.32 Å². The van der Waals surface area contributed by atoms with Crippen LogP contribution in [0.4, 0.5) is 0 Å². The van der Waals surface area contributed by atoms with Crippen molar-refractivity contribution in [2.75, 3.05) is 0 Å². The van der Waals surface area contributed by atoms with Crippen LogP contribution in [0.25, 0.3) is 0 Å². The lowest BCUT2D eigenvalue weighted by molar-refractivity contribution is -0.00676. The van der Waals surface area contributed by atoms with E-state index >= 15 is 0 Å². The van der Waals surface area contributed by atoms with Gasteiger partial charge in [0, 0.05) is 34.0 Å². The van der Waals surface area contributed by atoms with Crippen LogP contribution in [0.3, 0.4) is 0 Å². The molecule has 2 N–H and O–H groups in total. The number of benzene rings is 2. The summed E-state index contributed by atoms with van der Waals surface area (Å²) >= 11 is 12.0. The first kappa shape index (κ1) is 16.8. The Balaban J connectivity index is 1.92. The van der Waals surface area contributed by atoms with E-state index in [1.165, 1.54) is 0 Å². The van der Waals surface area contributed by atoms with E-state index < -0.39 is 0 Å². The topological polar surface area (TPSA) is 32.3 Å². The Morgan fingerprint density at radius 2 is 1.09 bits per heavy atom. The molecule has 0 saturated carbocycles. The van der Waals surface area contributed by atoms with Crippen molar-refractivity contribution < 1.29 is 5.11 Å². The third-order valence-electron chi connectivity index (χ3n) is 4.95. The number of nitrogens with one attached hydrogen (secondary N) is 1. The van der Waals surface area contributed by atoms with E-state index in [0.717, 1.165) is 21.2 Å². The van der Waals surface area contributed by atoms with Gasteiger partial charge in [-0.25, -0.2) is 0 Å². The highest BCUT2D eigenvalue weighted by atomic mass is 35.5. The fourth-order valence-electron chi connectivity index (χ4n) is 3.51. The average Bonchev–Trinajstić information content (AvgIpc) is 2.55. The first-order valence-electron chi connectivity index (χ1n) is 7.92. The first-order valence-corrected chi connectivity index (χ1v) is 8.68. The van der Waals surface area contributed by atoms with Crippen LogP contribution in [-0.4, -0.2) is 11.2 Å². The van der Waals surface area contributed by atoms with E-state index in [4.69, 9.17) is 23.2 Å². The van der Waals surface area contributed by atoms with Crippen molar-refractivity contribution in [3.63, 3.8) is 0 Å². The Hall–Kier alpha value is -1.06. The van der Waals surface area contributed by atoms with Crippen LogP contribution in [-0.2, 0) is 0 Å². The van der Waals surface area contributed by atoms with Gasteiger partial charge in [-0.2, -0.15) is 0 Å². The number of aliphatic hydroxyl groups is 1. The zero-order chi connectivity index (χ0) is 16.6. The molecule has 2 nitrogen and oxygen atoms in total. The number of rotatable bonds is 2. The van der Waals surface area contributed by atoms with Gasteiger partial charge in [0.2, 0.25) is 0 Å². The van der Waals surface area contributed by atoms with Crippen molar-refractivity contribution in [1.29, 1.82) is 0 Å². The van der Waals surface area contributed by atoms with Gasteiger partial charge in [0.1, 0.15) is 0 Å². The first-order chi connectivity index (χ1) is 11.0. The molecule has 2 aromatic carbocycles. The lowest BCUT2D eigenvalue weighted by Gasteiger charge is -2.44. The Morgan fingerprint density at radius 3 is 1.43 bits per heavy atom. The summed E-state index contributed by atoms with van der Waals surface area (Å²) in [5.41, 5.74) is 2.29. The molecule has 1 heterocycles. The standard InChI is InChI=1S/C19H21Cl2NO/c1-11-17(13-3-7-15(20)8-4-13)22-18(12(2)19(11)23)14-5-9-16(21)10-6-14/h3-12,17-19,22-23H,1-2H3/t11-,12+,17+,18-,19?. The second kappa shape index (κ2) is 6.82. The Labute approximate surface area is 147 Å². The van der Waals surface area contributed by atoms with Gasteiger partial charge in [-0.15, -0.1) is 0 Å². The largest absolute Gasteiger partial charge is 0.392 e. The molecule has 5 atom stereocenters. The maximum Gasteiger partial charge on any atom is 0.0627 e. The quantitative estimate of drug-likeness (QED) is 0.798. The second-order valence-electron chi connectivity index (χ2n) is 6.43. The molecule has 1 fully saturated rings. The van der Waals surface area contributed by atoms with Gasteiger partial charge in [0.15, 0.2) is 0 Å². The molecule has 1 unspecified atom stereocenters. The molecule has 0 bridgehead atoms. The maximum atomic E-state index is 10.7. The van der Waals surface area contributed by atoms with Crippen molar-refractivity contribution in [3.8, 4) is 0 Å². The molecule has 1 aliphatic rings. The van der Waals surface area contributed by atoms with Gasteiger partial charge in [0.05, 0.1) is 6.10 Å². The summed E-state index contributed by atoms with van der Waals surface area (Å²) in [6.07, 6.45) is -0.377. The Kier molecular flexibility index (Phi) is 4.98. The summed E-state index contributed by atoms with van der Waals surface area (Å²) in [7, 11) is 0. The minimum atomic E-state index is -0.377.